The summed E-state index contributed by atoms with van der Waals surface area (Å²) in [5, 5.41) is 2.74. The van der Waals surface area contributed by atoms with Crippen LogP contribution in [0.5, 0.6) is 0 Å². The maximum absolute atomic E-state index is 12.8. The topological polar surface area (TPSA) is 81.3 Å². The monoisotopic (exact) mass is 335 g/mol. The fourth-order valence-corrected chi connectivity index (χ4v) is 2.37. The molecular formula is C16H16FN2O3S-. The molecule has 0 fully saturated rings. The zero-order chi connectivity index (χ0) is 16.7. The van der Waals surface area contributed by atoms with E-state index in [0.29, 0.717) is 30.6 Å². The molecule has 0 heterocycles. The van der Waals surface area contributed by atoms with Crippen LogP contribution in [0.2, 0.25) is 0 Å². The molecule has 0 bridgehead atoms. The van der Waals surface area contributed by atoms with Gasteiger partial charge in [0, 0.05) is 29.1 Å². The highest BCUT2D eigenvalue weighted by Crippen LogP contribution is 2.14. The van der Waals surface area contributed by atoms with Gasteiger partial charge in [-0.2, -0.15) is 0 Å². The van der Waals surface area contributed by atoms with E-state index in [1.165, 1.54) is 12.1 Å². The molecule has 0 saturated heterocycles. The van der Waals surface area contributed by atoms with Crippen molar-refractivity contribution in [1.82, 2.24) is 0 Å². The SMILES string of the molecule is O=C(CCCc1ccc(F)cc1)Nc1ccc(NS(=O)[O-])cc1. The molecule has 0 radical (unpaired) electrons. The van der Waals surface area contributed by atoms with E-state index < -0.39 is 11.3 Å². The highest BCUT2D eigenvalue weighted by atomic mass is 32.2. The van der Waals surface area contributed by atoms with Gasteiger partial charge in [0.25, 0.3) is 0 Å². The Balaban J connectivity index is 1.76. The van der Waals surface area contributed by atoms with Crippen molar-refractivity contribution in [2.75, 3.05) is 10.0 Å². The molecule has 2 aromatic carbocycles. The zero-order valence-electron chi connectivity index (χ0n) is 12.3. The lowest BCUT2D eigenvalue weighted by molar-refractivity contribution is -0.116. The van der Waals surface area contributed by atoms with Gasteiger partial charge in [-0.25, -0.2) is 4.39 Å². The molecule has 0 aliphatic heterocycles. The van der Waals surface area contributed by atoms with Gasteiger partial charge in [-0.15, -0.1) is 0 Å². The van der Waals surface area contributed by atoms with Crippen LogP contribution < -0.4 is 10.0 Å². The Morgan fingerprint density at radius 1 is 1.04 bits per heavy atom. The van der Waals surface area contributed by atoms with Crippen molar-refractivity contribution in [2.24, 2.45) is 0 Å². The predicted octanol–water partition coefficient (Wildman–Crippen LogP) is 2.99. The lowest BCUT2D eigenvalue weighted by Gasteiger charge is -2.10. The number of carbonyl (C=O) groups excluding carboxylic acids is 1. The molecule has 23 heavy (non-hydrogen) atoms. The number of hydrogen-bond donors (Lipinski definition) is 2. The molecule has 0 spiro atoms. The number of rotatable bonds is 7. The predicted molar refractivity (Wildman–Crippen MR) is 87.0 cm³/mol. The van der Waals surface area contributed by atoms with Crippen LogP contribution in [0.15, 0.2) is 48.5 Å². The van der Waals surface area contributed by atoms with Crippen LogP contribution in [0.25, 0.3) is 0 Å². The Hall–Kier alpha value is -2.25. The van der Waals surface area contributed by atoms with Crippen molar-refractivity contribution in [3.63, 3.8) is 0 Å². The normalized spacial score (nSPS) is 11.7. The average Bonchev–Trinajstić information content (AvgIpc) is 2.51. The van der Waals surface area contributed by atoms with Crippen molar-refractivity contribution < 1.29 is 17.9 Å². The van der Waals surface area contributed by atoms with E-state index in [-0.39, 0.29) is 11.7 Å². The van der Waals surface area contributed by atoms with Gasteiger partial charge in [0.05, 0.1) is 0 Å². The summed E-state index contributed by atoms with van der Waals surface area (Å²) < 4.78 is 36.0. The largest absolute Gasteiger partial charge is 0.755 e. The first-order valence-corrected chi connectivity index (χ1v) is 8.11. The highest BCUT2D eigenvalue weighted by molar-refractivity contribution is 7.80. The molecule has 7 heteroatoms. The maximum atomic E-state index is 12.8. The Bertz CT molecular complexity index is 675. The van der Waals surface area contributed by atoms with Crippen molar-refractivity contribution in [1.29, 1.82) is 0 Å². The number of amides is 1. The molecule has 0 aromatic heterocycles. The summed E-state index contributed by atoms with van der Waals surface area (Å²) in [4.78, 5) is 11.8. The van der Waals surface area contributed by atoms with E-state index in [1.54, 1.807) is 36.4 Å². The van der Waals surface area contributed by atoms with Gasteiger partial charge in [0.1, 0.15) is 5.82 Å². The molecule has 2 rings (SSSR count). The van der Waals surface area contributed by atoms with Gasteiger partial charge in [-0.05, 0) is 54.8 Å². The van der Waals surface area contributed by atoms with Crippen LogP contribution in [-0.2, 0) is 22.5 Å². The zero-order valence-corrected chi connectivity index (χ0v) is 13.1. The third-order valence-corrected chi connectivity index (χ3v) is 3.55. The quantitative estimate of drug-likeness (QED) is 0.763. The van der Waals surface area contributed by atoms with E-state index >= 15 is 0 Å². The van der Waals surface area contributed by atoms with Crippen LogP contribution in [0.1, 0.15) is 18.4 Å². The van der Waals surface area contributed by atoms with Crippen LogP contribution >= 0.6 is 0 Å². The number of anilines is 2. The van der Waals surface area contributed by atoms with Crippen LogP contribution in [0.4, 0.5) is 15.8 Å². The van der Waals surface area contributed by atoms with Crippen LogP contribution in [0, 0.1) is 5.82 Å². The Kier molecular flexibility index (Phi) is 6.25. The minimum atomic E-state index is -2.37. The molecule has 2 N–H and O–H groups in total. The van der Waals surface area contributed by atoms with E-state index in [2.05, 4.69) is 10.0 Å². The minimum absolute atomic E-state index is 0.125. The third kappa shape index (κ3) is 6.17. The lowest BCUT2D eigenvalue weighted by atomic mass is 10.1. The van der Waals surface area contributed by atoms with Crippen LogP contribution in [-0.4, -0.2) is 14.7 Å². The lowest BCUT2D eigenvalue weighted by Crippen LogP contribution is -2.11. The molecule has 1 atom stereocenters. The number of benzene rings is 2. The second-order valence-electron chi connectivity index (χ2n) is 4.94. The second kappa shape index (κ2) is 8.40. The fourth-order valence-electron chi connectivity index (χ4n) is 2.05. The maximum Gasteiger partial charge on any atom is 0.224 e. The Morgan fingerprint density at radius 3 is 2.26 bits per heavy atom. The minimum Gasteiger partial charge on any atom is -0.755 e. The number of carbonyl (C=O) groups is 1. The van der Waals surface area contributed by atoms with Gasteiger partial charge >= 0.3 is 0 Å². The van der Waals surface area contributed by atoms with Gasteiger partial charge in [0.15, 0.2) is 0 Å². The molecule has 0 saturated carbocycles. The van der Waals surface area contributed by atoms with Gasteiger partial charge in [-0.3, -0.25) is 9.00 Å². The molecule has 2 aromatic rings. The smallest absolute Gasteiger partial charge is 0.224 e. The first-order chi connectivity index (χ1) is 11.0. The summed E-state index contributed by atoms with van der Waals surface area (Å²) in [5.74, 6) is -0.398. The molecule has 0 aliphatic rings. The fraction of sp³-hybridized carbons (Fsp3) is 0.188. The first-order valence-electron chi connectivity index (χ1n) is 7.03. The number of aryl methyl sites for hydroxylation is 1. The standard InChI is InChI=1S/C16H17FN2O3S/c17-13-6-4-12(5-7-13)2-1-3-16(20)18-14-8-10-15(11-9-14)19-23(21)22/h4-11,19H,1-3H2,(H,18,20)(H,21,22)/p-1. The molecule has 1 amide bonds. The summed E-state index contributed by atoms with van der Waals surface area (Å²) in [6.45, 7) is 0. The van der Waals surface area contributed by atoms with Crippen LogP contribution in [0.3, 0.4) is 0 Å². The van der Waals surface area contributed by atoms with Crippen molar-refractivity contribution in [3.8, 4) is 0 Å². The second-order valence-corrected chi connectivity index (χ2v) is 5.62. The molecular weight excluding hydrogens is 319 g/mol. The van der Waals surface area contributed by atoms with Gasteiger partial charge < -0.3 is 14.6 Å². The number of halogens is 1. The van der Waals surface area contributed by atoms with E-state index in [9.17, 15) is 17.9 Å². The molecule has 1 unspecified atom stereocenters. The van der Waals surface area contributed by atoms with Gasteiger partial charge in [-0.1, -0.05) is 12.1 Å². The number of nitrogens with one attached hydrogen (secondary N) is 2. The summed E-state index contributed by atoms with van der Waals surface area (Å²) in [6, 6.07) is 12.6. The van der Waals surface area contributed by atoms with Gasteiger partial charge in [0.2, 0.25) is 5.91 Å². The highest BCUT2D eigenvalue weighted by Gasteiger charge is 2.03. The summed E-state index contributed by atoms with van der Waals surface area (Å²) in [6.07, 6.45) is 1.71. The van der Waals surface area contributed by atoms with Crippen molar-refractivity contribution in [2.45, 2.75) is 19.3 Å². The summed E-state index contributed by atoms with van der Waals surface area (Å²) in [7, 11) is 0. The van der Waals surface area contributed by atoms with Crippen molar-refractivity contribution in [3.05, 3.63) is 59.9 Å². The van der Waals surface area contributed by atoms with E-state index in [1.807, 2.05) is 0 Å². The molecule has 5 nitrogen and oxygen atoms in total. The number of hydrogen-bond acceptors (Lipinski definition) is 3. The summed E-state index contributed by atoms with van der Waals surface area (Å²) >= 11 is -2.37. The van der Waals surface area contributed by atoms with E-state index in [0.717, 1.165) is 5.56 Å². The average molecular weight is 335 g/mol. The molecule has 122 valence electrons. The Labute approximate surface area is 136 Å². The molecule has 0 aliphatic carbocycles. The third-order valence-electron chi connectivity index (χ3n) is 3.15. The summed E-state index contributed by atoms with van der Waals surface area (Å²) in [5.41, 5.74) is 2.01. The van der Waals surface area contributed by atoms with Crippen molar-refractivity contribution >= 4 is 28.5 Å². The first kappa shape index (κ1) is 17.1. The Morgan fingerprint density at radius 2 is 1.65 bits per heavy atom. The van der Waals surface area contributed by atoms with E-state index in [4.69, 9.17) is 0 Å².